The second-order valence-corrected chi connectivity index (χ2v) is 6.85. The van der Waals surface area contributed by atoms with E-state index >= 15 is 0 Å². The van der Waals surface area contributed by atoms with Crippen molar-refractivity contribution in [3.63, 3.8) is 0 Å². The molecule has 29 heavy (non-hydrogen) atoms. The lowest BCUT2D eigenvalue weighted by Gasteiger charge is -2.36. The first kappa shape index (κ1) is 19.0. The van der Waals surface area contributed by atoms with E-state index in [4.69, 9.17) is 14.7 Å². The normalized spacial score (nSPS) is 21.5. The van der Waals surface area contributed by atoms with Gasteiger partial charge in [-0.1, -0.05) is 30.3 Å². The summed E-state index contributed by atoms with van der Waals surface area (Å²) in [5.74, 6) is 0.374. The van der Waals surface area contributed by atoms with Gasteiger partial charge in [0.15, 0.2) is 6.10 Å². The number of para-hydroxylation sites is 1. The molecule has 7 heteroatoms. The first-order chi connectivity index (χ1) is 14.2. The number of aliphatic hydroxyl groups excluding tert-OH is 1. The van der Waals surface area contributed by atoms with Gasteiger partial charge in [-0.05, 0) is 23.8 Å². The maximum Gasteiger partial charge on any atom is 0.254 e. The molecule has 3 N–H and O–H groups in total. The maximum absolute atomic E-state index is 12.7. The van der Waals surface area contributed by atoms with Crippen LogP contribution in [0.4, 0.5) is 0 Å². The van der Waals surface area contributed by atoms with Crippen LogP contribution in [0.25, 0.3) is 10.9 Å². The highest BCUT2D eigenvalue weighted by Crippen LogP contribution is 2.36. The molecule has 3 atom stereocenters. The number of hydrogen-bond acceptors (Lipinski definition) is 5. The molecule has 0 radical (unpaired) electrons. The standard InChI is InChI=1S/C22H21N3O4/c23-10-3-11-28-15-8-6-14(7-9-15)20-19(13-26)25-22(27)21(29-20)17-12-24-18-5-2-1-4-16(17)18/h1-2,4-9,12,19-21,24,26H,3,11,13H2,(H,25,27)/t19?,20-,21+/m1/s1. The van der Waals surface area contributed by atoms with Gasteiger partial charge < -0.3 is 24.9 Å². The first-order valence-corrected chi connectivity index (χ1v) is 9.43. The van der Waals surface area contributed by atoms with Crippen LogP contribution in [0.3, 0.4) is 0 Å². The third-order valence-electron chi connectivity index (χ3n) is 5.01. The van der Waals surface area contributed by atoms with Crippen molar-refractivity contribution in [2.24, 2.45) is 0 Å². The second kappa shape index (κ2) is 8.35. The summed E-state index contributed by atoms with van der Waals surface area (Å²) in [6, 6.07) is 16.5. The van der Waals surface area contributed by atoms with Crippen molar-refractivity contribution in [1.82, 2.24) is 10.3 Å². The average molecular weight is 391 g/mol. The predicted molar refractivity (Wildman–Crippen MR) is 106 cm³/mol. The number of morpholine rings is 1. The minimum atomic E-state index is -0.787. The molecule has 148 valence electrons. The Morgan fingerprint density at radius 3 is 2.72 bits per heavy atom. The lowest BCUT2D eigenvalue weighted by Crippen LogP contribution is -2.50. The summed E-state index contributed by atoms with van der Waals surface area (Å²) in [5, 5.41) is 22.2. The molecule has 1 aliphatic heterocycles. The summed E-state index contributed by atoms with van der Waals surface area (Å²) in [6.45, 7) is 0.0885. The zero-order valence-corrected chi connectivity index (χ0v) is 15.7. The van der Waals surface area contributed by atoms with Crippen molar-refractivity contribution >= 4 is 16.8 Å². The summed E-state index contributed by atoms with van der Waals surface area (Å²) in [4.78, 5) is 15.8. The van der Waals surface area contributed by atoms with E-state index in [1.165, 1.54) is 0 Å². The number of rotatable bonds is 6. The van der Waals surface area contributed by atoms with E-state index in [1.54, 1.807) is 18.3 Å². The van der Waals surface area contributed by atoms with Gasteiger partial charge in [0.2, 0.25) is 0 Å². The number of aliphatic hydroxyl groups is 1. The van der Waals surface area contributed by atoms with Gasteiger partial charge >= 0.3 is 0 Å². The van der Waals surface area contributed by atoms with Crippen LogP contribution in [0, 0.1) is 11.3 Å². The van der Waals surface area contributed by atoms with E-state index in [0.29, 0.717) is 18.8 Å². The molecule has 1 saturated heterocycles. The van der Waals surface area contributed by atoms with Crippen molar-refractivity contribution < 1.29 is 19.4 Å². The third-order valence-corrected chi connectivity index (χ3v) is 5.01. The highest BCUT2D eigenvalue weighted by molar-refractivity contribution is 5.91. The number of amides is 1. The molecule has 1 aromatic heterocycles. The molecule has 1 fully saturated rings. The number of aromatic nitrogens is 1. The molecule has 0 bridgehead atoms. The number of ether oxygens (including phenoxy) is 2. The molecule has 0 spiro atoms. The molecule has 0 aliphatic carbocycles. The first-order valence-electron chi connectivity index (χ1n) is 9.43. The van der Waals surface area contributed by atoms with Gasteiger partial charge in [0, 0.05) is 22.7 Å². The second-order valence-electron chi connectivity index (χ2n) is 6.85. The van der Waals surface area contributed by atoms with Crippen LogP contribution >= 0.6 is 0 Å². The summed E-state index contributed by atoms with van der Waals surface area (Å²) in [7, 11) is 0. The van der Waals surface area contributed by atoms with Crippen molar-refractivity contribution in [1.29, 1.82) is 5.26 Å². The van der Waals surface area contributed by atoms with Crippen LogP contribution in [-0.2, 0) is 9.53 Å². The van der Waals surface area contributed by atoms with Crippen molar-refractivity contribution in [2.45, 2.75) is 24.7 Å². The minimum Gasteiger partial charge on any atom is -0.493 e. The fraction of sp³-hybridized carbons (Fsp3) is 0.273. The zero-order valence-electron chi connectivity index (χ0n) is 15.7. The molecule has 3 aromatic rings. The monoisotopic (exact) mass is 391 g/mol. The largest absolute Gasteiger partial charge is 0.493 e. The average Bonchev–Trinajstić information content (AvgIpc) is 3.18. The number of nitrogens with zero attached hydrogens (tertiary/aromatic N) is 1. The lowest BCUT2D eigenvalue weighted by atomic mass is 9.97. The Hall–Kier alpha value is -3.34. The smallest absolute Gasteiger partial charge is 0.254 e. The number of hydrogen-bond donors (Lipinski definition) is 3. The van der Waals surface area contributed by atoms with E-state index in [0.717, 1.165) is 22.0 Å². The molecule has 1 amide bonds. The predicted octanol–water partition coefficient (Wildman–Crippen LogP) is 2.75. The van der Waals surface area contributed by atoms with E-state index in [2.05, 4.69) is 10.3 Å². The number of aromatic amines is 1. The van der Waals surface area contributed by atoms with Crippen LogP contribution < -0.4 is 10.1 Å². The molecule has 1 unspecified atom stereocenters. The van der Waals surface area contributed by atoms with Crippen LogP contribution in [0.1, 0.15) is 29.8 Å². The SMILES string of the molecule is N#CCCOc1ccc([C@H]2O[C@@H](c3c[nH]c4ccccc34)C(=O)NC2CO)cc1. The Morgan fingerprint density at radius 2 is 1.97 bits per heavy atom. The van der Waals surface area contributed by atoms with Crippen LogP contribution in [0.5, 0.6) is 5.75 Å². The number of H-pyrrole nitrogens is 1. The Kier molecular flexibility index (Phi) is 5.47. The quantitative estimate of drug-likeness (QED) is 0.560. The third kappa shape index (κ3) is 3.81. The molecular weight excluding hydrogens is 370 g/mol. The van der Waals surface area contributed by atoms with E-state index in [1.807, 2.05) is 42.5 Å². The van der Waals surface area contributed by atoms with E-state index < -0.39 is 18.2 Å². The number of nitrogens with one attached hydrogen (secondary N) is 2. The molecule has 7 nitrogen and oxygen atoms in total. The number of carbonyl (C=O) groups is 1. The van der Waals surface area contributed by atoms with Crippen molar-refractivity contribution in [3.8, 4) is 11.8 Å². The summed E-state index contributed by atoms with van der Waals surface area (Å²) < 4.78 is 11.7. The Bertz CT molecular complexity index is 1040. The summed E-state index contributed by atoms with van der Waals surface area (Å²) >= 11 is 0. The van der Waals surface area contributed by atoms with Gasteiger partial charge in [-0.15, -0.1) is 0 Å². The fourth-order valence-electron chi connectivity index (χ4n) is 3.58. The topological polar surface area (TPSA) is 107 Å². The Labute approximate surface area is 167 Å². The zero-order chi connectivity index (χ0) is 20.2. The molecule has 2 aromatic carbocycles. The van der Waals surface area contributed by atoms with Crippen molar-refractivity contribution in [3.05, 3.63) is 65.9 Å². The van der Waals surface area contributed by atoms with Gasteiger partial charge in [-0.25, -0.2) is 0 Å². The lowest BCUT2D eigenvalue weighted by molar-refractivity contribution is -0.152. The highest BCUT2D eigenvalue weighted by atomic mass is 16.5. The molecule has 2 heterocycles. The molecule has 1 aliphatic rings. The van der Waals surface area contributed by atoms with Gasteiger partial charge in [-0.2, -0.15) is 5.26 Å². The Morgan fingerprint density at radius 1 is 1.17 bits per heavy atom. The van der Waals surface area contributed by atoms with E-state index in [9.17, 15) is 9.90 Å². The minimum absolute atomic E-state index is 0.239. The number of carbonyl (C=O) groups excluding carboxylic acids is 1. The van der Waals surface area contributed by atoms with Gasteiger partial charge in [-0.3, -0.25) is 4.79 Å². The van der Waals surface area contributed by atoms with Gasteiger partial charge in [0.1, 0.15) is 18.5 Å². The maximum atomic E-state index is 12.7. The fourth-order valence-corrected chi connectivity index (χ4v) is 3.58. The summed E-state index contributed by atoms with van der Waals surface area (Å²) in [5.41, 5.74) is 2.51. The highest BCUT2D eigenvalue weighted by Gasteiger charge is 2.38. The van der Waals surface area contributed by atoms with Crippen LogP contribution in [0.2, 0.25) is 0 Å². The van der Waals surface area contributed by atoms with Crippen molar-refractivity contribution in [2.75, 3.05) is 13.2 Å². The molecule has 4 rings (SSSR count). The van der Waals surface area contributed by atoms with Crippen LogP contribution in [-0.4, -0.2) is 35.3 Å². The van der Waals surface area contributed by atoms with Crippen LogP contribution in [0.15, 0.2) is 54.7 Å². The summed E-state index contributed by atoms with van der Waals surface area (Å²) in [6.07, 6.45) is 0.811. The Balaban J connectivity index is 1.59. The molecular formula is C22H21N3O4. The molecule has 0 saturated carbocycles. The number of fused-ring (bicyclic) bond motifs is 1. The van der Waals surface area contributed by atoms with Gasteiger partial charge in [0.05, 0.1) is 25.1 Å². The number of nitriles is 1. The van der Waals surface area contributed by atoms with Gasteiger partial charge in [0.25, 0.3) is 5.91 Å². The number of benzene rings is 2. The van der Waals surface area contributed by atoms with E-state index in [-0.39, 0.29) is 12.5 Å².